The third-order valence-corrected chi connectivity index (χ3v) is 3.11. The van der Waals surface area contributed by atoms with E-state index in [9.17, 15) is 0 Å². The van der Waals surface area contributed by atoms with E-state index in [1.807, 2.05) is 37.4 Å². The molecule has 90 valence electrons. The normalized spacial score (nSPS) is 12.4. The van der Waals surface area contributed by atoms with Crippen LogP contribution < -0.4 is 10.1 Å². The van der Waals surface area contributed by atoms with Gasteiger partial charge >= 0.3 is 0 Å². The maximum absolute atomic E-state index is 5.45. The molecule has 2 aromatic rings. The Morgan fingerprint density at radius 3 is 2.76 bits per heavy atom. The lowest BCUT2D eigenvalue weighted by Crippen LogP contribution is -2.17. The van der Waals surface area contributed by atoms with Crippen molar-refractivity contribution < 1.29 is 9.15 Å². The van der Waals surface area contributed by atoms with Crippen molar-refractivity contribution in [1.82, 2.24) is 5.32 Å². The minimum Gasteiger partial charge on any atom is -0.496 e. The quantitative estimate of drug-likeness (QED) is 0.939. The molecule has 0 saturated carbocycles. The Morgan fingerprint density at radius 1 is 1.35 bits per heavy atom. The first-order valence-electron chi connectivity index (χ1n) is 5.30. The average Bonchev–Trinajstić information content (AvgIpc) is 2.84. The van der Waals surface area contributed by atoms with Crippen LogP contribution in [-0.2, 0) is 0 Å². The Bertz CT molecular complexity index is 482. The number of nitrogens with one attached hydrogen (secondary N) is 1. The molecule has 1 aromatic carbocycles. The van der Waals surface area contributed by atoms with Crippen LogP contribution in [0.1, 0.15) is 17.4 Å². The van der Waals surface area contributed by atoms with Gasteiger partial charge in [-0.25, -0.2) is 0 Å². The lowest BCUT2D eigenvalue weighted by Gasteiger charge is -2.17. The number of benzene rings is 1. The third kappa shape index (κ3) is 2.53. The van der Waals surface area contributed by atoms with E-state index in [-0.39, 0.29) is 6.04 Å². The zero-order valence-corrected chi connectivity index (χ0v) is 11.3. The molecule has 1 atom stereocenters. The van der Waals surface area contributed by atoms with E-state index >= 15 is 0 Å². The van der Waals surface area contributed by atoms with E-state index in [2.05, 4.69) is 21.2 Å². The molecule has 0 aliphatic heterocycles. The molecule has 0 fully saturated rings. The molecule has 3 nitrogen and oxygen atoms in total. The molecule has 0 spiro atoms. The van der Waals surface area contributed by atoms with Gasteiger partial charge in [0.2, 0.25) is 0 Å². The molecule has 1 heterocycles. The van der Waals surface area contributed by atoms with Gasteiger partial charge < -0.3 is 14.5 Å². The van der Waals surface area contributed by atoms with Crippen molar-refractivity contribution in [2.45, 2.75) is 6.04 Å². The van der Waals surface area contributed by atoms with Gasteiger partial charge in [0.1, 0.15) is 11.5 Å². The van der Waals surface area contributed by atoms with Gasteiger partial charge in [0.05, 0.1) is 19.4 Å². The fraction of sp³-hybridized carbons (Fsp3) is 0.231. The molecule has 0 aliphatic rings. The van der Waals surface area contributed by atoms with Crippen LogP contribution in [0.2, 0.25) is 0 Å². The van der Waals surface area contributed by atoms with Gasteiger partial charge in [0.25, 0.3) is 0 Å². The maximum atomic E-state index is 5.45. The SMILES string of the molecule is CNC(c1ccco1)c1cc(Br)ccc1OC. The van der Waals surface area contributed by atoms with E-state index in [1.165, 1.54) is 0 Å². The second-order valence-electron chi connectivity index (χ2n) is 3.62. The highest BCUT2D eigenvalue weighted by Gasteiger charge is 2.19. The highest BCUT2D eigenvalue weighted by Crippen LogP contribution is 2.32. The van der Waals surface area contributed by atoms with E-state index in [0.717, 1.165) is 21.5 Å². The Balaban J connectivity index is 2.46. The summed E-state index contributed by atoms with van der Waals surface area (Å²) in [6, 6.07) is 9.73. The molecule has 1 unspecified atom stereocenters. The summed E-state index contributed by atoms with van der Waals surface area (Å²) in [5.74, 6) is 1.70. The zero-order chi connectivity index (χ0) is 12.3. The van der Waals surface area contributed by atoms with Crippen LogP contribution in [0.3, 0.4) is 0 Å². The van der Waals surface area contributed by atoms with Crippen LogP contribution in [-0.4, -0.2) is 14.2 Å². The van der Waals surface area contributed by atoms with Gasteiger partial charge in [0, 0.05) is 10.0 Å². The predicted octanol–water partition coefficient (Wildman–Crippen LogP) is 3.36. The number of rotatable bonds is 4. The molecule has 4 heteroatoms. The first kappa shape index (κ1) is 12.2. The minimum atomic E-state index is -0.0163. The smallest absolute Gasteiger partial charge is 0.125 e. The summed E-state index contributed by atoms with van der Waals surface area (Å²) in [5, 5.41) is 3.23. The number of furan rings is 1. The molecule has 0 saturated heterocycles. The summed E-state index contributed by atoms with van der Waals surface area (Å²) in [6.07, 6.45) is 1.67. The van der Waals surface area contributed by atoms with E-state index in [4.69, 9.17) is 9.15 Å². The molecule has 0 radical (unpaired) electrons. The zero-order valence-electron chi connectivity index (χ0n) is 9.74. The Kier molecular flexibility index (Phi) is 3.86. The number of halogens is 1. The fourth-order valence-electron chi connectivity index (χ4n) is 1.84. The van der Waals surface area contributed by atoms with Crippen molar-refractivity contribution >= 4 is 15.9 Å². The first-order chi connectivity index (χ1) is 8.26. The number of ether oxygens (including phenoxy) is 1. The molecule has 0 amide bonds. The molecule has 2 rings (SSSR count). The van der Waals surface area contributed by atoms with Gasteiger partial charge in [0.15, 0.2) is 0 Å². The lowest BCUT2D eigenvalue weighted by molar-refractivity contribution is 0.396. The van der Waals surface area contributed by atoms with Gasteiger partial charge in [-0.05, 0) is 37.4 Å². The van der Waals surface area contributed by atoms with Crippen LogP contribution in [0.25, 0.3) is 0 Å². The van der Waals surface area contributed by atoms with E-state index in [1.54, 1.807) is 13.4 Å². The van der Waals surface area contributed by atoms with Crippen LogP contribution in [0, 0.1) is 0 Å². The van der Waals surface area contributed by atoms with Crippen molar-refractivity contribution in [2.24, 2.45) is 0 Å². The van der Waals surface area contributed by atoms with Crippen molar-refractivity contribution in [3.05, 3.63) is 52.4 Å². The highest BCUT2D eigenvalue weighted by molar-refractivity contribution is 9.10. The molecule has 0 bridgehead atoms. The second kappa shape index (κ2) is 5.38. The Hall–Kier alpha value is -1.26. The summed E-state index contributed by atoms with van der Waals surface area (Å²) in [6.45, 7) is 0. The van der Waals surface area contributed by atoms with Gasteiger partial charge in [-0.15, -0.1) is 0 Å². The van der Waals surface area contributed by atoms with Crippen molar-refractivity contribution in [3.8, 4) is 5.75 Å². The van der Waals surface area contributed by atoms with Crippen LogP contribution in [0.5, 0.6) is 5.75 Å². The molecular formula is C13H14BrNO2. The Morgan fingerprint density at radius 2 is 2.18 bits per heavy atom. The van der Waals surface area contributed by atoms with Gasteiger partial charge in [-0.2, -0.15) is 0 Å². The minimum absolute atomic E-state index is 0.0163. The largest absolute Gasteiger partial charge is 0.496 e. The van der Waals surface area contributed by atoms with E-state index in [0.29, 0.717) is 0 Å². The average molecular weight is 296 g/mol. The highest BCUT2D eigenvalue weighted by atomic mass is 79.9. The predicted molar refractivity (Wildman–Crippen MR) is 70.3 cm³/mol. The van der Waals surface area contributed by atoms with E-state index < -0.39 is 0 Å². The van der Waals surface area contributed by atoms with Crippen LogP contribution in [0.4, 0.5) is 0 Å². The molecule has 0 aliphatic carbocycles. The molecule has 1 aromatic heterocycles. The standard InChI is InChI=1S/C13H14BrNO2/c1-15-13(12-4-3-7-17-12)10-8-9(14)5-6-11(10)16-2/h3-8,13,15H,1-2H3. The van der Waals surface area contributed by atoms with Crippen molar-refractivity contribution in [1.29, 1.82) is 0 Å². The first-order valence-corrected chi connectivity index (χ1v) is 6.09. The molecule has 1 N–H and O–H groups in total. The number of hydrogen-bond acceptors (Lipinski definition) is 3. The van der Waals surface area contributed by atoms with Gasteiger partial charge in [-0.1, -0.05) is 15.9 Å². The van der Waals surface area contributed by atoms with Crippen molar-refractivity contribution in [3.63, 3.8) is 0 Å². The maximum Gasteiger partial charge on any atom is 0.125 e. The second-order valence-corrected chi connectivity index (χ2v) is 4.54. The summed E-state index contributed by atoms with van der Waals surface area (Å²) >= 11 is 3.47. The third-order valence-electron chi connectivity index (χ3n) is 2.62. The monoisotopic (exact) mass is 295 g/mol. The van der Waals surface area contributed by atoms with Crippen LogP contribution >= 0.6 is 15.9 Å². The van der Waals surface area contributed by atoms with Gasteiger partial charge in [-0.3, -0.25) is 0 Å². The summed E-state index contributed by atoms with van der Waals surface area (Å²) in [5.41, 5.74) is 1.04. The van der Waals surface area contributed by atoms with Crippen LogP contribution in [0.15, 0.2) is 45.5 Å². The Labute approximate surface area is 109 Å². The summed E-state index contributed by atoms with van der Waals surface area (Å²) < 4.78 is 11.8. The molecular weight excluding hydrogens is 282 g/mol. The lowest BCUT2D eigenvalue weighted by atomic mass is 10.0. The summed E-state index contributed by atoms with van der Waals surface area (Å²) in [4.78, 5) is 0. The van der Waals surface area contributed by atoms with Crippen molar-refractivity contribution in [2.75, 3.05) is 14.2 Å². The fourth-order valence-corrected chi connectivity index (χ4v) is 2.22. The number of hydrogen-bond donors (Lipinski definition) is 1. The number of methoxy groups -OCH3 is 1. The summed E-state index contributed by atoms with van der Waals surface area (Å²) in [7, 11) is 3.56. The topological polar surface area (TPSA) is 34.4 Å². The molecule has 17 heavy (non-hydrogen) atoms.